The van der Waals surface area contributed by atoms with Crippen molar-refractivity contribution in [3.05, 3.63) is 63.2 Å². The Labute approximate surface area is 170 Å². The lowest BCUT2D eigenvalue weighted by Gasteiger charge is -2.19. The zero-order valence-corrected chi connectivity index (χ0v) is 17.1. The zero-order valence-electron chi connectivity index (χ0n) is 16.3. The molecule has 2 aromatic heterocycles. The fraction of sp³-hybridized carbons (Fsp3) is 0.300. The number of halogens is 2. The molecule has 6 nitrogen and oxygen atoms in total. The summed E-state index contributed by atoms with van der Waals surface area (Å²) in [4.78, 5) is 17.1. The summed E-state index contributed by atoms with van der Waals surface area (Å²) in [7, 11) is 0. The zero-order chi connectivity index (χ0) is 21.3. The highest BCUT2D eigenvalue weighted by atomic mass is 32.1. The van der Waals surface area contributed by atoms with Gasteiger partial charge < -0.3 is 10.4 Å². The van der Waals surface area contributed by atoms with E-state index >= 15 is 0 Å². The number of aryl methyl sites for hydroxylation is 1. The largest absolute Gasteiger partial charge is 0.384 e. The smallest absolute Gasteiger partial charge is 0.251 e. The van der Waals surface area contributed by atoms with E-state index in [9.17, 15) is 18.7 Å². The molecule has 0 saturated heterocycles. The van der Waals surface area contributed by atoms with Crippen molar-refractivity contribution in [2.45, 2.75) is 39.3 Å². The minimum absolute atomic E-state index is 0.0272. The summed E-state index contributed by atoms with van der Waals surface area (Å²) in [6, 6.07) is 5.55. The van der Waals surface area contributed by atoms with Gasteiger partial charge in [-0.25, -0.2) is 13.8 Å². The lowest BCUT2D eigenvalue weighted by molar-refractivity contribution is 0.0738. The Morgan fingerprint density at radius 2 is 1.93 bits per heavy atom. The van der Waals surface area contributed by atoms with Gasteiger partial charge in [-0.2, -0.15) is 0 Å². The maximum Gasteiger partial charge on any atom is 0.251 e. The van der Waals surface area contributed by atoms with Crippen LogP contribution in [-0.4, -0.2) is 26.2 Å². The van der Waals surface area contributed by atoms with Crippen molar-refractivity contribution >= 4 is 17.2 Å². The fourth-order valence-electron chi connectivity index (χ4n) is 2.64. The lowest BCUT2D eigenvalue weighted by Crippen LogP contribution is -2.28. The molecule has 2 N–H and O–H groups in total. The van der Waals surface area contributed by atoms with Gasteiger partial charge in [0.25, 0.3) is 5.91 Å². The second kappa shape index (κ2) is 7.92. The average molecular weight is 418 g/mol. The topological polar surface area (TPSA) is 88.0 Å². The summed E-state index contributed by atoms with van der Waals surface area (Å²) in [5.41, 5.74) is -0.859. The molecule has 0 aliphatic carbocycles. The molecule has 0 unspecified atom stereocenters. The van der Waals surface area contributed by atoms with Crippen molar-refractivity contribution < 1.29 is 18.7 Å². The van der Waals surface area contributed by atoms with Crippen LogP contribution < -0.4 is 5.32 Å². The number of carbonyl (C=O) groups excluding carboxylic acids is 1. The molecule has 3 aromatic rings. The number of nitrogens with one attached hydrogen (secondary N) is 1. The number of carbonyl (C=O) groups is 1. The second-order valence-corrected chi connectivity index (χ2v) is 8.38. The van der Waals surface area contributed by atoms with E-state index < -0.39 is 29.2 Å². The van der Waals surface area contributed by atoms with Gasteiger partial charge in [-0.15, -0.1) is 10.2 Å². The Bertz CT molecular complexity index is 1060. The number of hydrogen-bond acceptors (Lipinski definition) is 6. The van der Waals surface area contributed by atoms with Gasteiger partial charge >= 0.3 is 0 Å². The van der Waals surface area contributed by atoms with Crippen LogP contribution in [-0.2, 0) is 5.60 Å². The molecule has 0 radical (unpaired) electrons. The first-order valence-corrected chi connectivity index (χ1v) is 9.67. The molecule has 2 heterocycles. The summed E-state index contributed by atoms with van der Waals surface area (Å²) < 4.78 is 27.5. The van der Waals surface area contributed by atoms with Crippen molar-refractivity contribution in [2.24, 2.45) is 0 Å². The summed E-state index contributed by atoms with van der Waals surface area (Å²) in [5.74, 6) is -1.97. The number of benzene rings is 1. The number of nitrogens with zero attached hydrogens (tertiary/aromatic N) is 3. The van der Waals surface area contributed by atoms with Gasteiger partial charge in [-0.3, -0.25) is 4.79 Å². The van der Waals surface area contributed by atoms with Crippen LogP contribution in [0, 0.1) is 18.6 Å². The van der Waals surface area contributed by atoms with Crippen LogP contribution in [0.25, 0.3) is 11.3 Å². The van der Waals surface area contributed by atoms with Crippen LogP contribution in [0.2, 0.25) is 0 Å². The first-order valence-electron chi connectivity index (χ1n) is 8.86. The molecular weight excluding hydrogens is 398 g/mol. The second-order valence-electron chi connectivity index (χ2n) is 7.16. The molecule has 0 aliphatic rings. The van der Waals surface area contributed by atoms with E-state index in [0.717, 1.165) is 17.1 Å². The highest BCUT2D eigenvalue weighted by molar-refractivity contribution is 7.11. The Balaban J connectivity index is 2.00. The fourth-order valence-corrected chi connectivity index (χ4v) is 3.34. The summed E-state index contributed by atoms with van der Waals surface area (Å²) >= 11 is 1.37. The Hall–Kier alpha value is -2.78. The van der Waals surface area contributed by atoms with Crippen LogP contribution in [0.1, 0.15) is 52.9 Å². The number of rotatable bonds is 5. The predicted molar refractivity (Wildman–Crippen MR) is 105 cm³/mol. The van der Waals surface area contributed by atoms with Crippen molar-refractivity contribution in [1.29, 1.82) is 0 Å². The Morgan fingerprint density at radius 3 is 2.52 bits per heavy atom. The number of pyridine rings is 1. The number of aromatic nitrogens is 3. The molecule has 0 saturated carbocycles. The third-order valence-electron chi connectivity index (χ3n) is 4.18. The molecule has 29 heavy (non-hydrogen) atoms. The van der Waals surface area contributed by atoms with Crippen LogP contribution in [0.3, 0.4) is 0 Å². The van der Waals surface area contributed by atoms with Gasteiger partial charge in [0.05, 0.1) is 17.4 Å². The van der Waals surface area contributed by atoms with E-state index in [4.69, 9.17) is 0 Å². The highest BCUT2D eigenvalue weighted by Gasteiger charge is 2.23. The molecule has 0 bridgehead atoms. The maximum absolute atomic E-state index is 14.3. The Kier molecular flexibility index (Phi) is 5.72. The molecule has 1 amide bonds. The van der Waals surface area contributed by atoms with Gasteiger partial charge in [0.2, 0.25) is 0 Å². The summed E-state index contributed by atoms with van der Waals surface area (Å²) in [5, 5.41) is 22.6. The first-order chi connectivity index (χ1) is 13.5. The molecule has 152 valence electrons. The molecule has 0 fully saturated rings. The SMILES string of the molecule is Cc1nnc([C@@H](C)NC(=O)c2cc(-c3ccc(F)cc3F)nc(C(C)(C)O)c2)s1. The Morgan fingerprint density at radius 1 is 1.21 bits per heavy atom. The van der Waals surface area contributed by atoms with Crippen molar-refractivity contribution in [3.63, 3.8) is 0 Å². The normalized spacial score (nSPS) is 12.7. The summed E-state index contributed by atoms with van der Waals surface area (Å²) in [6.45, 7) is 6.61. The summed E-state index contributed by atoms with van der Waals surface area (Å²) in [6.07, 6.45) is 0. The van der Waals surface area contributed by atoms with E-state index in [1.165, 1.54) is 43.4 Å². The van der Waals surface area contributed by atoms with Gasteiger partial charge in [0, 0.05) is 17.2 Å². The van der Waals surface area contributed by atoms with Crippen LogP contribution in [0.5, 0.6) is 0 Å². The molecule has 3 rings (SSSR count). The van der Waals surface area contributed by atoms with Crippen molar-refractivity contribution in [3.8, 4) is 11.3 Å². The predicted octanol–water partition coefficient (Wildman–Crippen LogP) is 3.91. The van der Waals surface area contributed by atoms with E-state index in [1.807, 2.05) is 6.92 Å². The average Bonchev–Trinajstić information content (AvgIpc) is 3.07. The molecule has 1 atom stereocenters. The van der Waals surface area contributed by atoms with Gasteiger partial charge in [-0.05, 0) is 52.0 Å². The third kappa shape index (κ3) is 4.80. The molecule has 1 aromatic carbocycles. The lowest BCUT2D eigenvalue weighted by atomic mass is 9.99. The molecule has 9 heteroatoms. The van der Waals surface area contributed by atoms with E-state index in [0.29, 0.717) is 5.01 Å². The minimum Gasteiger partial charge on any atom is -0.384 e. The van der Waals surface area contributed by atoms with Crippen LogP contribution in [0.4, 0.5) is 8.78 Å². The van der Waals surface area contributed by atoms with Crippen LogP contribution >= 0.6 is 11.3 Å². The molecule has 0 spiro atoms. The molecule has 0 aliphatic heterocycles. The van der Waals surface area contributed by atoms with Crippen molar-refractivity contribution in [1.82, 2.24) is 20.5 Å². The quantitative estimate of drug-likeness (QED) is 0.656. The van der Waals surface area contributed by atoms with E-state index in [2.05, 4.69) is 20.5 Å². The van der Waals surface area contributed by atoms with E-state index in [-0.39, 0.29) is 22.5 Å². The number of amides is 1. The third-order valence-corrected chi connectivity index (χ3v) is 5.20. The monoisotopic (exact) mass is 418 g/mol. The highest BCUT2D eigenvalue weighted by Crippen LogP contribution is 2.27. The van der Waals surface area contributed by atoms with Gasteiger partial charge in [0.15, 0.2) is 0 Å². The van der Waals surface area contributed by atoms with Crippen molar-refractivity contribution in [2.75, 3.05) is 0 Å². The van der Waals surface area contributed by atoms with Gasteiger partial charge in [-0.1, -0.05) is 11.3 Å². The van der Waals surface area contributed by atoms with Crippen LogP contribution in [0.15, 0.2) is 30.3 Å². The van der Waals surface area contributed by atoms with Gasteiger partial charge in [0.1, 0.15) is 27.3 Å². The molecular formula is C20H20F2N4O2S. The first kappa shape index (κ1) is 20.9. The maximum atomic E-state index is 14.3. The number of hydrogen-bond donors (Lipinski definition) is 2. The van der Waals surface area contributed by atoms with E-state index in [1.54, 1.807) is 6.92 Å². The standard InChI is InChI=1S/C20H20F2N4O2S/c1-10(19-26-25-11(2)29-19)23-18(27)12-7-16(24-17(8-12)20(3,4)28)14-6-5-13(21)9-15(14)22/h5-10,28H,1-4H3,(H,23,27)/t10-/m1/s1. The minimum atomic E-state index is -1.37. The number of aliphatic hydroxyl groups is 1.